The van der Waals surface area contributed by atoms with Crippen LogP contribution in [0.3, 0.4) is 0 Å². The van der Waals surface area contributed by atoms with Crippen molar-refractivity contribution in [1.82, 2.24) is 0 Å². The zero-order valence-corrected chi connectivity index (χ0v) is 15.3. The van der Waals surface area contributed by atoms with E-state index < -0.39 is 17.3 Å². The highest BCUT2D eigenvalue weighted by atomic mass is 16.5. The zero-order valence-electron chi connectivity index (χ0n) is 15.3. The summed E-state index contributed by atoms with van der Waals surface area (Å²) in [7, 11) is 0. The third-order valence-electron chi connectivity index (χ3n) is 5.43. The first-order chi connectivity index (χ1) is 11.9. The maximum atomic E-state index is 13.2. The van der Waals surface area contributed by atoms with Crippen molar-refractivity contribution < 1.29 is 19.4 Å². The number of carbonyl (C=O) groups is 2. The molecule has 0 saturated carbocycles. The van der Waals surface area contributed by atoms with Gasteiger partial charge in [0.15, 0.2) is 0 Å². The summed E-state index contributed by atoms with van der Waals surface area (Å²) in [6.07, 6.45) is 5.92. The molecule has 0 amide bonds. The van der Waals surface area contributed by atoms with Crippen molar-refractivity contribution in [2.75, 3.05) is 6.61 Å². The fourth-order valence-electron chi connectivity index (χ4n) is 3.95. The summed E-state index contributed by atoms with van der Waals surface area (Å²) in [6.45, 7) is 6.17. The largest absolute Gasteiger partial charge is 0.481 e. The Morgan fingerprint density at radius 2 is 2.00 bits per heavy atom. The number of ether oxygens (including phenoxy) is 1. The molecule has 1 aromatic rings. The Hall–Kier alpha value is -2.10. The molecule has 1 aromatic carbocycles. The molecule has 0 aromatic heterocycles. The van der Waals surface area contributed by atoms with E-state index in [2.05, 4.69) is 0 Å². The number of carboxylic acid groups (broad SMARTS) is 1. The lowest BCUT2D eigenvalue weighted by Gasteiger charge is -2.44. The van der Waals surface area contributed by atoms with Gasteiger partial charge in [0, 0.05) is 0 Å². The van der Waals surface area contributed by atoms with Gasteiger partial charge in [-0.2, -0.15) is 0 Å². The SMILES string of the molecule is CCCCOC(=O)C1(C(C)c2ccccc2)CC=CC(C)C1C(=O)O. The fourth-order valence-corrected chi connectivity index (χ4v) is 3.95. The molecule has 4 atom stereocenters. The molecule has 25 heavy (non-hydrogen) atoms. The molecule has 1 N–H and O–H groups in total. The van der Waals surface area contributed by atoms with Gasteiger partial charge in [0.25, 0.3) is 0 Å². The molecule has 0 spiro atoms. The van der Waals surface area contributed by atoms with Crippen LogP contribution in [-0.2, 0) is 14.3 Å². The van der Waals surface area contributed by atoms with Gasteiger partial charge in [0.05, 0.1) is 17.9 Å². The molecule has 0 saturated heterocycles. The summed E-state index contributed by atoms with van der Waals surface area (Å²) in [5.41, 5.74) is -0.126. The first-order valence-electron chi connectivity index (χ1n) is 9.06. The Labute approximate surface area is 149 Å². The second-order valence-corrected chi connectivity index (χ2v) is 6.97. The lowest BCUT2D eigenvalue weighted by atomic mass is 9.57. The molecule has 4 heteroatoms. The highest BCUT2D eigenvalue weighted by Crippen LogP contribution is 2.51. The van der Waals surface area contributed by atoms with E-state index in [1.807, 2.05) is 63.3 Å². The van der Waals surface area contributed by atoms with Crippen LogP contribution in [0.4, 0.5) is 0 Å². The van der Waals surface area contributed by atoms with Gasteiger partial charge in [-0.25, -0.2) is 0 Å². The van der Waals surface area contributed by atoms with Crippen LogP contribution < -0.4 is 0 Å². The summed E-state index contributed by atoms with van der Waals surface area (Å²) in [5, 5.41) is 9.92. The smallest absolute Gasteiger partial charge is 0.313 e. The third kappa shape index (κ3) is 3.78. The summed E-state index contributed by atoms with van der Waals surface area (Å²) in [6, 6.07) is 9.65. The average Bonchev–Trinajstić information content (AvgIpc) is 2.61. The number of esters is 1. The fraction of sp³-hybridized carbons (Fsp3) is 0.524. The molecular formula is C21H28O4. The van der Waals surface area contributed by atoms with E-state index in [1.165, 1.54) is 0 Å². The highest BCUT2D eigenvalue weighted by Gasteiger charge is 2.56. The Morgan fingerprint density at radius 3 is 2.60 bits per heavy atom. The molecule has 1 aliphatic carbocycles. The lowest BCUT2D eigenvalue weighted by Crippen LogP contribution is -2.50. The van der Waals surface area contributed by atoms with Gasteiger partial charge in [-0.1, -0.05) is 69.7 Å². The number of benzene rings is 1. The molecule has 0 bridgehead atoms. The minimum absolute atomic E-state index is 0.226. The van der Waals surface area contributed by atoms with Gasteiger partial charge in [-0.15, -0.1) is 0 Å². The van der Waals surface area contributed by atoms with Crippen LogP contribution in [0.2, 0.25) is 0 Å². The first-order valence-corrected chi connectivity index (χ1v) is 9.06. The maximum Gasteiger partial charge on any atom is 0.313 e. The maximum absolute atomic E-state index is 13.2. The molecule has 0 radical (unpaired) electrons. The molecule has 0 fully saturated rings. The van der Waals surface area contributed by atoms with Crippen molar-refractivity contribution in [3.05, 3.63) is 48.0 Å². The van der Waals surface area contributed by atoms with Crippen LogP contribution >= 0.6 is 0 Å². The van der Waals surface area contributed by atoms with Crippen molar-refractivity contribution in [3.63, 3.8) is 0 Å². The standard InChI is InChI=1S/C21H28O4/c1-4-5-14-25-20(24)21(16(3)17-11-7-6-8-12-17)13-9-10-15(2)18(21)19(22)23/h6-12,15-16,18H,4-5,13-14H2,1-3H3,(H,22,23). The quantitative estimate of drug-likeness (QED) is 0.452. The number of rotatable bonds is 7. The van der Waals surface area contributed by atoms with E-state index in [9.17, 15) is 14.7 Å². The zero-order chi connectivity index (χ0) is 18.4. The summed E-state index contributed by atoms with van der Waals surface area (Å²) in [4.78, 5) is 25.3. The predicted molar refractivity (Wildman–Crippen MR) is 97.2 cm³/mol. The molecule has 1 aliphatic rings. The first kappa shape index (κ1) is 19.2. The molecule has 2 rings (SSSR count). The normalized spacial score (nSPS) is 26.8. The highest BCUT2D eigenvalue weighted by molar-refractivity contribution is 5.86. The number of aliphatic carboxylic acids is 1. The molecule has 0 heterocycles. The van der Waals surface area contributed by atoms with Crippen LogP contribution in [0.5, 0.6) is 0 Å². The minimum atomic E-state index is -1.09. The van der Waals surface area contributed by atoms with Gasteiger partial charge in [-0.05, 0) is 30.2 Å². The monoisotopic (exact) mass is 344 g/mol. The third-order valence-corrected chi connectivity index (χ3v) is 5.43. The van der Waals surface area contributed by atoms with E-state index >= 15 is 0 Å². The number of unbranched alkanes of at least 4 members (excludes halogenated alkanes) is 1. The Bertz CT molecular complexity index is 622. The second kappa shape index (κ2) is 8.32. The van der Waals surface area contributed by atoms with Crippen LogP contribution in [0.25, 0.3) is 0 Å². The van der Waals surface area contributed by atoms with Crippen molar-refractivity contribution in [2.45, 2.75) is 46.0 Å². The van der Waals surface area contributed by atoms with Gasteiger partial charge < -0.3 is 9.84 Å². The van der Waals surface area contributed by atoms with E-state index in [0.717, 1.165) is 18.4 Å². The van der Waals surface area contributed by atoms with Gasteiger partial charge in [0.2, 0.25) is 0 Å². The van der Waals surface area contributed by atoms with Crippen molar-refractivity contribution in [1.29, 1.82) is 0 Å². The van der Waals surface area contributed by atoms with Crippen LogP contribution in [0, 0.1) is 17.3 Å². The summed E-state index contributed by atoms with van der Waals surface area (Å²) < 4.78 is 5.56. The van der Waals surface area contributed by atoms with E-state index in [4.69, 9.17) is 4.74 Å². The number of carboxylic acids is 1. The number of allylic oxidation sites excluding steroid dienone is 2. The van der Waals surface area contributed by atoms with E-state index in [1.54, 1.807) is 0 Å². The molecular weight excluding hydrogens is 316 g/mol. The van der Waals surface area contributed by atoms with Gasteiger partial charge in [0.1, 0.15) is 0 Å². The number of hydrogen-bond donors (Lipinski definition) is 1. The Morgan fingerprint density at radius 1 is 1.32 bits per heavy atom. The average molecular weight is 344 g/mol. The predicted octanol–water partition coefficient (Wildman–Crippen LogP) is 4.42. The van der Waals surface area contributed by atoms with Crippen LogP contribution in [0.15, 0.2) is 42.5 Å². The van der Waals surface area contributed by atoms with Gasteiger partial charge >= 0.3 is 11.9 Å². The van der Waals surface area contributed by atoms with E-state index in [0.29, 0.717) is 13.0 Å². The molecule has 4 unspecified atom stereocenters. The minimum Gasteiger partial charge on any atom is -0.481 e. The van der Waals surface area contributed by atoms with E-state index in [-0.39, 0.29) is 17.8 Å². The van der Waals surface area contributed by atoms with Gasteiger partial charge in [-0.3, -0.25) is 9.59 Å². The molecule has 136 valence electrons. The van der Waals surface area contributed by atoms with Crippen molar-refractivity contribution in [2.24, 2.45) is 17.3 Å². The van der Waals surface area contributed by atoms with Crippen molar-refractivity contribution in [3.8, 4) is 0 Å². The summed E-state index contributed by atoms with van der Waals surface area (Å²) >= 11 is 0. The van der Waals surface area contributed by atoms with Crippen LogP contribution in [0.1, 0.15) is 51.5 Å². The van der Waals surface area contributed by atoms with Crippen molar-refractivity contribution >= 4 is 11.9 Å². The number of carbonyl (C=O) groups excluding carboxylic acids is 1. The summed E-state index contributed by atoms with van der Waals surface area (Å²) in [5.74, 6) is -2.61. The molecule has 0 aliphatic heterocycles. The number of hydrogen-bond acceptors (Lipinski definition) is 3. The topological polar surface area (TPSA) is 63.6 Å². The second-order valence-electron chi connectivity index (χ2n) is 6.97. The Balaban J connectivity index is 2.48. The Kier molecular flexibility index (Phi) is 6.40. The molecule has 4 nitrogen and oxygen atoms in total. The lowest BCUT2D eigenvalue weighted by molar-refractivity contribution is -0.172. The van der Waals surface area contributed by atoms with Crippen LogP contribution in [-0.4, -0.2) is 23.7 Å².